The van der Waals surface area contributed by atoms with E-state index >= 15 is 0 Å². The lowest BCUT2D eigenvalue weighted by molar-refractivity contribution is 0.0735. The van der Waals surface area contributed by atoms with Gasteiger partial charge < -0.3 is 9.47 Å². The zero-order chi connectivity index (χ0) is 17.6. The fourth-order valence-corrected chi connectivity index (χ4v) is 2.35. The highest BCUT2D eigenvalue weighted by molar-refractivity contribution is 5.91. The van der Waals surface area contributed by atoms with E-state index < -0.39 is 5.97 Å². The molecule has 4 heteroatoms. The standard InChI is InChI=1S/C21H15NO3/c1-24-19-12-8-17(9-13-19)16-4-6-18(7-5-16)21(23)25-20-10-2-15(14-22)3-11-20/h2-13H,1H3. The average molecular weight is 329 g/mol. The molecular weight excluding hydrogens is 314 g/mol. The van der Waals surface area contributed by atoms with Crippen LogP contribution < -0.4 is 9.47 Å². The van der Waals surface area contributed by atoms with Gasteiger partial charge >= 0.3 is 5.97 Å². The van der Waals surface area contributed by atoms with Crippen LogP contribution in [-0.2, 0) is 0 Å². The number of rotatable bonds is 4. The monoisotopic (exact) mass is 329 g/mol. The second kappa shape index (κ2) is 7.33. The molecule has 0 aliphatic rings. The van der Waals surface area contributed by atoms with Crippen LogP contribution in [0.3, 0.4) is 0 Å². The lowest BCUT2D eigenvalue weighted by atomic mass is 10.0. The first kappa shape index (κ1) is 16.3. The van der Waals surface area contributed by atoms with E-state index in [1.807, 2.05) is 42.5 Å². The Labute approximate surface area is 145 Å². The average Bonchev–Trinajstić information content (AvgIpc) is 2.69. The molecule has 0 saturated carbocycles. The number of nitriles is 1. The minimum atomic E-state index is -0.439. The largest absolute Gasteiger partial charge is 0.497 e. The Kier molecular flexibility index (Phi) is 4.77. The minimum absolute atomic E-state index is 0.406. The van der Waals surface area contributed by atoms with Crippen LogP contribution in [0.1, 0.15) is 15.9 Å². The van der Waals surface area contributed by atoms with Crippen molar-refractivity contribution in [2.24, 2.45) is 0 Å². The van der Waals surface area contributed by atoms with Crippen molar-refractivity contribution in [1.82, 2.24) is 0 Å². The fraction of sp³-hybridized carbons (Fsp3) is 0.0476. The minimum Gasteiger partial charge on any atom is -0.497 e. The summed E-state index contributed by atoms with van der Waals surface area (Å²) in [7, 11) is 1.63. The summed E-state index contributed by atoms with van der Waals surface area (Å²) in [6, 6.07) is 23.3. The summed E-state index contributed by atoms with van der Waals surface area (Å²) in [6.07, 6.45) is 0. The van der Waals surface area contributed by atoms with Gasteiger partial charge in [0.2, 0.25) is 0 Å². The van der Waals surface area contributed by atoms with Gasteiger partial charge in [-0.2, -0.15) is 5.26 Å². The molecule has 0 saturated heterocycles. The zero-order valence-corrected chi connectivity index (χ0v) is 13.6. The lowest BCUT2D eigenvalue weighted by Gasteiger charge is -2.06. The molecule has 0 aliphatic heterocycles. The fourth-order valence-electron chi connectivity index (χ4n) is 2.35. The van der Waals surface area contributed by atoms with E-state index in [9.17, 15) is 4.79 Å². The lowest BCUT2D eigenvalue weighted by Crippen LogP contribution is -2.08. The van der Waals surface area contributed by atoms with E-state index in [-0.39, 0.29) is 0 Å². The van der Waals surface area contributed by atoms with Crippen molar-refractivity contribution in [2.75, 3.05) is 7.11 Å². The summed E-state index contributed by atoms with van der Waals surface area (Å²) in [5, 5.41) is 8.77. The van der Waals surface area contributed by atoms with Crippen molar-refractivity contribution < 1.29 is 14.3 Å². The van der Waals surface area contributed by atoms with E-state index in [0.717, 1.165) is 16.9 Å². The molecule has 0 spiro atoms. The number of methoxy groups -OCH3 is 1. The summed E-state index contributed by atoms with van der Waals surface area (Å²) in [5.74, 6) is 0.764. The molecule has 3 aromatic carbocycles. The van der Waals surface area contributed by atoms with Crippen molar-refractivity contribution in [2.45, 2.75) is 0 Å². The Morgan fingerprint density at radius 1 is 0.800 bits per heavy atom. The smallest absolute Gasteiger partial charge is 0.343 e. The second-order valence-electron chi connectivity index (χ2n) is 5.33. The molecule has 25 heavy (non-hydrogen) atoms. The van der Waals surface area contributed by atoms with Crippen molar-refractivity contribution in [1.29, 1.82) is 5.26 Å². The zero-order valence-electron chi connectivity index (χ0n) is 13.6. The van der Waals surface area contributed by atoms with Crippen molar-refractivity contribution >= 4 is 5.97 Å². The number of esters is 1. The summed E-state index contributed by atoms with van der Waals surface area (Å²) in [5.41, 5.74) is 3.01. The third-order valence-corrected chi connectivity index (χ3v) is 3.74. The van der Waals surface area contributed by atoms with Gasteiger partial charge in [-0.15, -0.1) is 0 Å². The van der Waals surface area contributed by atoms with E-state index in [1.54, 1.807) is 43.5 Å². The molecule has 122 valence electrons. The van der Waals surface area contributed by atoms with Gasteiger partial charge in [0.05, 0.1) is 24.3 Å². The molecule has 0 aliphatic carbocycles. The molecule has 0 bridgehead atoms. The number of carbonyl (C=O) groups is 1. The summed E-state index contributed by atoms with van der Waals surface area (Å²) >= 11 is 0. The number of benzene rings is 3. The normalized spacial score (nSPS) is 9.92. The van der Waals surface area contributed by atoms with Crippen LogP contribution >= 0.6 is 0 Å². The molecule has 4 nitrogen and oxygen atoms in total. The van der Waals surface area contributed by atoms with Crippen molar-refractivity contribution in [3.63, 3.8) is 0 Å². The maximum Gasteiger partial charge on any atom is 0.343 e. The molecule has 3 rings (SSSR count). The topological polar surface area (TPSA) is 59.3 Å². The number of hydrogen-bond donors (Lipinski definition) is 0. The van der Waals surface area contributed by atoms with Crippen LogP contribution in [-0.4, -0.2) is 13.1 Å². The van der Waals surface area contributed by atoms with Crippen LogP contribution in [0.25, 0.3) is 11.1 Å². The molecular formula is C21H15NO3. The highest BCUT2D eigenvalue weighted by atomic mass is 16.5. The molecule has 0 unspecified atom stereocenters. The van der Waals surface area contributed by atoms with Crippen molar-refractivity contribution in [3.05, 3.63) is 83.9 Å². The van der Waals surface area contributed by atoms with Gasteiger partial charge in [-0.05, 0) is 59.7 Å². The predicted molar refractivity (Wildman–Crippen MR) is 94.5 cm³/mol. The maximum atomic E-state index is 12.2. The van der Waals surface area contributed by atoms with Crippen LogP contribution in [0.2, 0.25) is 0 Å². The number of ether oxygens (including phenoxy) is 2. The van der Waals surface area contributed by atoms with Crippen LogP contribution in [0.15, 0.2) is 72.8 Å². The third kappa shape index (κ3) is 3.85. The molecule has 0 amide bonds. The molecule has 3 aromatic rings. The van der Waals surface area contributed by atoms with Crippen LogP contribution in [0.5, 0.6) is 11.5 Å². The summed E-state index contributed by atoms with van der Waals surface area (Å²) in [4.78, 5) is 12.2. The first-order valence-corrected chi connectivity index (χ1v) is 7.66. The van der Waals surface area contributed by atoms with Crippen LogP contribution in [0, 0.1) is 11.3 Å². The first-order chi connectivity index (χ1) is 12.2. The Hall–Kier alpha value is -3.58. The van der Waals surface area contributed by atoms with E-state index in [1.165, 1.54) is 0 Å². The summed E-state index contributed by atoms with van der Waals surface area (Å²) < 4.78 is 10.5. The Morgan fingerprint density at radius 3 is 1.84 bits per heavy atom. The van der Waals surface area contributed by atoms with Crippen molar-refractivity contribution in [3.8, 4) is 28.7 Å². The van der Waals surface area contributed by atoms with E-state index in [0.29, 0.717) is 16.9 Å². The van der Waals surface area contributed by atoms with Gasteiger partial charge in [0, 0.05) is 0 Å². The van der Waals surface area contributed by atoms with Gasteiger partial charge in [-0.25, -0.2) is 4.79 Å². The van der Waals surface area contributed by atoms with Gasteiger partial charge in [0.1, 0.15) is 11.5 Å². The van der Waals surface area contributed by atoms with Gasteiger partial charge in [-0.1, -0.05) is 24.3 Å². The first-order valence-electron chi connectivity index (χ1n) is 7.66. The number of nitrogens with zero attached hydrogens (tertiary/aromatic N) is 1. The Morgan fingerprint density at radius 2 is 1.32 bits per heavy atom. The molecule has 0 N–H and O–H groups in total. The highest BCUT2D eigenvalue weighted by Crippen LogP contribution is 2.23. The second-order valence-corrected chi connectivity index (χ2v) is 5.33. The molecule has 0 radical (unpaired) electrons. The summed E-state index contributed by atoms with van der Waals surface area (Å²) in [6.45, 7) is 0. The molecule has 0 heterocycles. The van der Waals surface area contributed by atoms with E-state index in [4.69, 9.17) is 14.7 Å². The van der Waals surface area contributed by atoms with Gasteiger partial charge in [-0.3, -0.25) is 0 Å². The molecule has 0 aromatic heterocycles. The Balaban J connectivity index is 1.72. The quantitative estimate of drug-likeness (QED) is 0.524. The third-order valence-electron chi connectivity index (χ3n) is 3.74. The Bertz CT molecular complexity index is 905. The number of hydrogen-bond acceptors (Lipinski definition) is 4. The SMILES string of the molecule is COc1ccc(-c2ccc(C(=O)Oc3ccc(C#N)cc3)cc2)cc1. The highest BCUT2D eigenvalue weighted by Gasteiger charge is 2.09. The van der Waals surface area contributed by atoms with Gasteiger partial charge in [0.25, 0.3) is 0 Å². The van der Waals surface area contributed by atoms with Gasteiger partial charge in [0.15, 0.2) is 0 Å². The van der Waals surface area contributed by atoms with E-state index in [2.05, 4.69) is 0 Å². The van der Waals surface area contributed by atoms with Crippen LogP contribution in [0.4, 0.5) is 0 Å². The predicted octanol–water partition coefficient (Wildman–Crippen LogP) is 4.45. The maximum absolute atomic E-state index is 12.2. The molecule has 0 atom stereocenters. The number of carbonyl (C=O) groups excluding carboxylic acids is 1. The molecule has 0 fully saturated rings.